The Labute approximate surface area is 183 Å². The van der Waals surface area contributed by atoms with Gasteiger partial charge in [0.2, 0.25) is 0 Å². The third kappa shape index (κ3) is 4.44. The van der Waals surface area contributed by atoms with Crippen molar-refractivity contribution in [1.29, 1.82) is 0 Å². The van der Waals surface area contributed by atoms with Gasteiger partial charge >= 0.3 is 0 Å². The van der Waals surface area contributed by atoms with E-state index in [2.05, 4.69) is 15.8 Å². The minimum atomic E-state index is -0.584. The summed E-state index contributed by atoms with van der Waals surface area (Å²) in [5.74, 6) is -1.13. The van der Waals surface area contributed by atoms with Crippen LogP contribution < -0.4 is 21.3 Å². The molecule has 0 radical (unpaired) electrons. The van der Waals surface area contributed by atoms with Gasteiger partial charge in [-0.3, -0.25) is 25.2 Å². The van der Waals surface area contributed by atoms with Crippen LogP contribution in [0.25, 0.3) is 10.9 Å². The van der Waals surface area contributed by atoms with Crippen LogP contribution in [0, 0.1) is 0 Å². The molecule has 3 amide bonds. The molecule has 0 atom stereocenters. The van der Waals surface area contributed by atoms with Gasteiger partial charge in [0, 0.05) is 22.7 Å². The van der Waals surface area contributed by atoms with Crippen molar-refractivity contribution in [2.45, 2.75) is 6.61 Å². The zero-order chi connectivity index (χ0) is 22.5. The number of amides is 3. The quantitative estimate of drug-likeness (QED) is 0.352. The number of carbonyl (C=O) groups is 3. The number of hydrogen-bond donors (Lipinski definition) is 4. The summed E-state index contributed by atoms with van der Waals surface area (Å²) >= 11 is 0. The molecule has 8 heteroatoms. The molecule has 0 saturated carbocycles. The zero-order valence-electron chi connectivity index (χ0n) is 16.9. The summed E-state index contributed by atoms with van der Waals surface area (Å²) < 4.78 is 5.70. The van der Waals surface area contributed by atoms with Crippen LogP contribution >= 0.6 is 0 Å². The Morgan fingerprint density at radius 2 is 1.59 bits per heavy atom. The van der Waals surface area contributed by atoms with E-state index in [1.807, 2.05) is 24.3 Å². The van der Waals surface area contributed by atoms with Crippen LogP contribution in [-0.2, 0) is 6.61 Å². The smallest absolute Gasteiger partial charge is 0.271 e. The highest BCUT2D eigenvalue weighted by atomic mass is 16.5. The summed E-state index contributed by atoms with van der Waals surface area (Å²) in [6.45, 7) is 0.132. The predicted molar refractivity (Wildman–Crippen MR) is 119 cm³/mol. The first-order valence-electron chi connectivity index (χ1n) is 9.80. The van der Waals surface area contributed by atoms with Crippen LogP contribution in [0.4, 0.5) is 0 Å². The van der Waals surface area contributed by atoms with Gasteiger partial charge in [0.1, 0.15) is 12.4 Å². The van der Waals surface area contributed by atoms with Gasteiger partial charge in [0.05, 0.1) is 11.1 Å². The van der Waals surface area contributed by atoms with Crippen LogP contribution in [0.5, 0.6) is 5.75 Å². The van der Waals surface area contributed by atoms with Crippen molar-refractivity contribution in [2.75, 3.05) is 0 Å². The molecule has 1 heterocycles. The predicted octanol–water partition coefficient (Wildman–Crippen LogP) is 2.92. The molecule has 0 unspecified atom stereocenters. The molecule has 0 aliphatic heterocycles. The number of hydrazine groups is 1. The van der Waals surface area contributed by atoms with Gasteiger partial charge in [-0.15, -0.1) is 0 Å². The van der Waals surface area contributed by atoms with Gasteiger partial charge in [0.25, 0.3) is 17.7 Å². The Bertz CT molecular complexity index is 1310. The first kappa shape index (κ1) is 20.7. The molecule has 4 rings (SSSR count). The van der Waals surface area contributed by atoms with Crippen LogP contribution in [-0.4, -0.2) is 22.7 Å². The number of benzene rings is 3. The van der Waals surface area contributed by atoms with E-state index in [1.54, 1.807) is 54.7 Å². The topological polar surface area (TPSA) is 126 Å². The molecule has 3 aromatic carbocycles. The first-order chi connectivity index (χ1) is 15.5. The SMILES string of the molecule is NC(=O)c1ccccc1OCc1cccc(C(=O)NNC(=O)c2c[nH]c3ccccc23)c1. The molecule has 32 heavy (non-hydrogen) atoms. The monoisotopic (exact) mass is 428 g/mol. The Morgan fingerprint density at radius 1 is 0.844 bits per heavy atom. The van der Waals surface area contributed by atoms with Crippen molar-refractivity contribution in [3.8, 4) is 5.75 Å². The third-order valence-electron chi connectivity index (χ3n) is 4.86. The molecule has 160 valence electrons. The number of hydrogen-bond acceptors (Lipinski definition) is 4. The van der Waals surface area contributed by atoms with E-state index in [0.717, 1.165) is 10.9 Å². The number of aromatic amines is 1. The number of para-hydroxylation sites is 2. The molecule has 0 aliphatic rings. The van der Waals surface area contributed by atoms with E-state index >= 15 is 0 Å². The fourth-order valence-corrected chi connectivity index (χ4v) is 3.27. The molecule has 0 saturated heterocycles. The summed E-state index contributed by atoms with van der Waals surface area (Å²) in [5, 5.41) is 0.759. The number of fused-ring (bicyclic) bond motifs is 1. The maximum absolute atomic E-state index is 12.5. The van der Waals surface area contributed by atoms with Crippen LogP contribution in [0.15, 0.2) is 79.0 Å². The Hall–Kier alpha value is -4.59. The van der Waals surface area contributed by atoms with Crippen molar-refractivity contribution >= 4 is 28.6 Å². The van der Waals surface area contributed by atoms with E-state index in [9.17, 15) is 14.4 Å². The van der Waals surface area contributed by atoms with Crippen molar-refractivity contribution in [3.05, 3.63) is 101 Å². The summed E-state index contributed by atoms with van der Waals surface area (Å²) in [6, 6.07) is 20.8. The summed E-state index contributed by atoms with van der Waals surface area (Å²) in [4.78, 5) is 39.5. The molecule has 0 aliphatic carbocycles. The van der Waals surface area contributed by atoms with Crippen molar-refractivity contribution in [2.24, 2.45) is 5.73 Å². The highest BCUT2D eigenvalue weighted by Gasteiger charge is 2.14. The molecule has 0 bridgehead atoms. The van der Waals surface area contributed by atoms with E-state index in [1.165, 1.54) is 0 Å². The first-order valence-corrected chi connectivity index (χ1v) is 9.80. The Kier molecular flexibility index (Phi) is 5.85. The van der Waals surface area contributed by atoms with Crippen LogP contribution in [0.1, 0.15) is 36.6 Å². The molecule has 5 N–H and O–H groups in total. The molecule has 0 spiro atoms. The van der Waals surface area contributed by atoms with Gasteiger partial charge in [-0.1, -0.05) is 42.5 Å². The molecular weight excluding hydrogens is 408 g/mol. The second-order valence-corrected chi connectivity index (χ2v) is 7.01. The van der Waals surface area contributed by atoms with E-state index in [4.69, 9.17) is 10.5 Å². The van der Waals surface area contributed by atoms with Crippen molar-refractivity contribution in [1.82, 2.24) is 15.8 Å². The average molecular weight is 428 g/mol. The normalized spacial score (nSPS) is 10.5. The minimum Gasteiger partial charge on any atom is -0.488 e. The lowest BCUT2D eigenvalue weighted by Crippen LogP contribution is -2.41. The van der Waals surface area contributed by atoms with E-state index < -0.39 is 17.7 Å². The van der Waals surface area contributed by atoms with Gasteiger partial charge < -0.3 is 15.5 Å². The highest BCUT2D eigenvalue weighted by Crippen LogP contribution is 2.19. The number of ether oxygens (including phenoxy) is 1. The number of H-pyrrole nitrogens is 1. The van der Waals surface area contributed by atoms with Gasteiger partial charge in [-0.2, -0.15) is 0 Å². The minimum absolute atomic E-state index is 0.132. The van der Waals surface area contributed by atoms with Crippen LogP contribution in [0.2, 0.25) is 0 Å². The van der Waals surface area contributed by atoms with Gasteiger partial charge in [-0.25, -0.2) is 0 Å². The summed E-state index contributed by atoms with van der Waals surface area (Å²) in [5.41, 5.74) is 12.8. The molecule has 8 nitrogen and oxygen atoms in total. The Morgan fingerprint density at radius 3 is 2.44 bits per heavy atom. The lowest BCUT2D eigenvalue weighted by atomic mass is 10.1. The number of rotatable bonds is 6. The fraction of sp³-hybridized carbons (Fsp3) is 0.0417. The number of nitrogens with two attached hydrogens (primary N) is 1. The molecular formula is C24H20N4O4. The lowest BCUT2D eigenvalue weighted by Gasteiger charge is -2.11. The largest absolute Gasteiger partial charge is 0.488 e. The van der Waals surface area contributed by atoms with Gasteiger partial charge in [-0.05, 0) is 35.9 Å². The van der Waals surface area contributed by atoms with E-state index in [-0.39, 0.29) is 12.2 Å². The van der Waals surface area contributed by atoms with Crippen molar-refractivity contribution < 1.29 is 19.1 Å². The highest BCUT2D eigenvalue weighted by molar-refractivity contribution is 6.07. The van der Waals surface area contributed by atoms with E-state index in [0.29, 0.717) is 22.4 Å². The zero-order valence-corrected chi connectivity index (χ0v) is 16.9. The van der Waals surface area contributed by atoms with Gasteiger partial charge in [0.15, 0.2) is 0 Å². The molecule has 4 aromatic rings. The second kappa shape index (κ2) is 9.05. The number of aromatic nitrogens is 1. The summed E-state index contributed by atoms with van der Waals surface area (Å²) in [7, 11) is 0. The third-order valence-corrected chi connectivity index (χ3v) is 4.86. The second-order valence-electron chi connectivity index (χ2n) is 7.01. The maximum atomic E-state index is 12.5. The number of carbonyl (C=O) groups excluding carboxylic acids is 3. The standard InChI is InChI=1S/C24H20N4O4/c25-22(29)18-9-2-4-11-21(18)32-14-15-6-5-7-16(12-15)23(30)27-28-24(31)19-13-26-20-10-3-1-8-17(19)20/h1-13,26H,14H2,(H2,25,29)(H,27,30)(H,28,31). The maximum Gasteiger partial charge on any atom is 0.271 e. The molecule has 0 fully saturated rings. The number of primary amides is 1. The average Bonchev–Trinajstić information content (AvgIpc) is 3.25. The van der Waals surface area contributed by atoms with Crippen molar-refractivity contribution in [3.63, 3.8) is 0 Å². The molecule has 1 aromatic heterocycles. The summed E-state index contributed by atoms with van der Waals surface area (Å²) in [6.07, 6.45) is 1.59. The number of nitrogens with one attached hydrogen (secondary N) is 3. The lowest BCUT2D eigenvalue weighted by molar-refractivity contribution is 0.0847. The Balaban J connectivity index is 1.39. The van der Waals surface area contributed by atoms with Crippen LogP contribution in [0.3, 0.4) is 0 Å². The fourth-order valence-electron chi connectivity index (χ4n) is 3.27.